The molecule has 2 aromatic rings. The highest BCUT2D eigenvalue weighted by Gasteiger charge is 3.02. The van der Waals surface area contributed by atoms with E-state index in [-0.39, 0.29) is 22.8 Å². The van der Waals surface area contributed by atoms with Crippen LogP contribution in [0.15, 0.2) is 60.7 Å². The Morgan fingerprint density at radius 2 is 1.45 bits per heavy atom. The molecule has 11 nitrogen and oxygen atoms in total. The third kappa shape index (κ3) is 3.57. The average molecular weight is 681 g/mol. The van der Waals surface area contributed by atoms with Gasteiger partial charge in [-0.25, -0.2) is 9.59 Å². The molecular formula is C34H32O11S2. The highest BCUT2D eigenvalue weighted by atomic mass is 32.1. The van der Waals surface area contributed by atoms with Gasteiger partial charge < -0.3 is 37.9 Å². The summed E-state index contributed by atoms with van der Waals surface area (Å²) in [6, 6.07) is 17.5. The van der Waals surface area contributed by atoms with Crippen molar-refractivity contribution in [3.8, 4) is 11.5 Å². The Hall–Kier alpha value is -3.81. The molecule has 2 aromatic carbocycles. The lowest BCUT2D eigenvalue weighted by atomic mass is 9.51. The van der Waals surface area contributed by atoms with Crippen molar-refractivity contribution < 1.29 is 52.3 Å². The molecule has 0 bridgehead atoms. The van der Waals surface area contributed by atoms with Crippen molar-refractivity contribution in [3.63, 3.8) is 0 Å². The van der Waals surface area contributed by atoms with Crippen LogP contribution in [0.2, 0.25) is 0 Å². The third-order valence-corrected chi connectivity index (χ3v) is 11.6. The zero-order valence-corrected chi connectivity index (χ0v) is 27.6. The van der Waals surface area contributed by atoms with E-state index in [2.05, 4.69) is 0 Å². The summed E-state index contributed by atoms with van der Waals surface area (Å²) in [5, 5.41) is -0.638. The predicted molar refractivity (Wildman–Crippen MR) is 168 cm³/mol. The van der Waals surface area contributed by atoms with Gasteiger partial charge in [-0.05, 0) is 48.9 Å². The maximum Gasteiger partial charge on any atom is 0.358 e. The topological polar surface area (TPSA) is 125 Å². The van der Waals surface area contributed by atoms with E-state index < -0.39 is 75.9 Å². The number of carbonyl (C=O) groups is 3. The first-order valence-electron chi connectivity index (χ1n) is 15.5. The Morgan fingerprint density at radius 3 is 2.06 bits per heavy atom. The molecule has 6 aliphatic rings. The standard InChI is InChI=1S/C34H32O11S2/c1-17-24(35)40-22-16-31-21-15-20(30(2,3)4)32(31)23(42-28(46)38-18-11-7-5-8-12-18)25(36)43-27(32)44-34(31,26(37)41-21)33(17,22)45-29(47)39-19-13-9-6-10-14-19/h5-14,17,20-23,27H,15-16H2,1-4H3/t17-,20+,21?,22?,23+,27?,31?,32?,33-,34-/m1/s1. The maximum atomic E-state index is 14.5. The number of hydrogen-bond donors (Lipinski definition) is 0. The summed E-state index contributed by atoms with van der Waals surface area (Å²) in [6.07, 6.45) is -4.03. The molecule has 47 heavy (non-hydrogen) atoms. The van der Waals surface area contributed by atoms with E-state index in [1.807, 2.05) is 32.9 Å². The molecule has 8 rings (SSSR count). The van der Waals surface area contributed by atoms with Gasteiger partial charge in [0, 0.05) is 30.9 Å². The monoisotopic (exact) mass is 680 g/mol. The molecule has 2 saturated carbocycles. The van der Waals surface area contributed by atoms with Gasteiger partial charge in [-0.2, -0.15) is 0 Å². The van der Waals surface area contributed by atoms with E-state index in [0.717, 1.165) is 0 Å². The van der Waals surface area contributed by atoms with Crippen LogP contribution in [0, 0.1) is 28.1 Å². The summed E-state index contributed by atoms with van der Waals surface area (Å²) in [4.78, 5) is 41.7. The number of benzene rings is 2. The molecular weight excluding hydrogens is 648 g/mol. The van der Waals surface area contributed by atoms with E-state index in [1.54, 1.807) is 55.5 Å². The highest BCUT2D eigenvalue weighted by molar-refractivity contribution is 7.80. The van der Waals surface area contributed by atoms with Crippen molar-refractivity contribution in [1.82, 2.24) is 0 Å². The molecule has 6 fully saturated rings. The van der Waals surface area contributed by atoms with Crippen LogP contribution in [-0.4, -0.2) is 64.2 Å². The van der Waals surface area contributed by atoms with Crippen molar-refractivity contribution in [2.24, 2.45) is 28.1 Å². The predicted octanol–water partition coefficient (Wildman–Crippen LogP) is 4.44. The molecule has 4 heterocycles. The van der Waals surface area contributed by atoms with Crippen LogP contribution in [0.25, 0.3) is 0 Å². The summed E-state index contributed by atoms with van der Waals surface area (Å²) in [7, 11) is 0. The van der Waals surface area contributed by atoms with Crippen LogP contribution in [0.3, 0.4) is 0 Å². The van der Waals surface area contributed by atoms with Crippen molar-refractivity contribution in [3.05, 3.63) is 60.7 Å². The van der Waals surface area contributed by atoms with Gasteiger partial charge in [-0.1, -0.05) is 57.2 Å². The molecule has 0 amide bonds. The van der Waals surface area contributed by atoms with Crippen LogP contribution < -0.4 is 9.47 Å². The van der Waals surface area contributed by atoms with Crippen molar-refractivity contribution in [2.45, 2.75) is 76.3 Å². The lowest BCUT2D eigenvalue weighted by Gasteiger charge is -2.47. The first-order valence-corrected chi connectivity index (χ1v) is 16.3. The first kappa shape index (κ1) is 30.5. The summed E-state index contributed by atoms with van der Waals surface area (Å²) in [6.45, 7) is 7.71. The molecule has 10 atom stereocenters. The second kappa shape index (κ2) is 9.86. The molecule has 5 unspecified atom stereocenters. The quantitative estimate of drug-likeness (QED) is 0.257. The number of esters is 3. The Balaban J connectivity index is 1.28. The number of rotatable bonds is 4. The average Bonchev–Trinajstić information content (AvgIpc) is 3.73. The highest BCUT2D eigenvalue weighted by Crippen LogP contribution is 2.85. The smallest absolute Gasteiger partial charge is 0.358 e. The molecule has 2 aliphatic carbocycles. The normalized spacial score (nSPS) is 40.4. The molecule has 0 radical (unpaired) electrons. The van der Waals surface area contributed by atoms with Crippen LogP contribution >= 0.6 is 24.4 Å². The number of thiocarbonyl (C=S) groups is 2. The molecule has 0 N–H and O–H groups in total. The van der Waals surface area contributed by atoms with E-state index in [1.165, 1.54) is 0 Å². The number of carbonyl (C=O) groups excluding carboxylic acids is 3. The van der Waals surface area contributed by atoms with Crippen LogP contribution in [0.5, 0.6) is 11.5 Å². The minimum absolute atomic E-state index is 0.0410. The SMILES string of the molecule is C[C@@H]1C(=O)OC2CC34C5C[C@@H](C(C)(C)C)C36C(OC(=O)[C@@H]6OC(=S)Oc3ccccc3)O[C@@]4(C(=O)O5)[C@]21OC(=S)Oc1ccccc1. The van der Waals surface area contributed by atoms with Gasteiger partial charge in [0.2, 0.25) is 23.6 Å². The van der Waals surface area contributed by atoms with Gasteiger partial charge in [0.15, 0.2) is 0 Å². The Bertz CT molecular complexity index is 1710. The van der Waals surface area contributed by atoms with Crippen molar-refractivity contribution in [1.29, 1.82) is 0 Å². The molecule has 246 valence electrons. The van der Waals surface area contributed by atoms with Gasteiger partial charge in [0.1, 0.15) is 29.6 Å². The number of ether oxygens (including phenoxy) is 8. The molecule has 4 aliphatic heterocycles. The van der Waals surface area contributed by atoms with E-state index >= 15 is 0 Å². The second-order valence-corrected chi connectivity index (χ2v) is 14.8. The Kier molecular flexibility index (Phi) is 6.40. The maximum absolute atomic E-state index is 14.5. The fourth-order valence-corrected chi connectivity index (χ4v) is 10.3. The fraction of sp³-hybridized carbons (Fsp3) is 0.500. The van der Waals surface area contributed by atoms with Crippen molar-refractivity contribution in [2.75, 3.05) is 0 Å². The number of fused-ring (bicyclic) bond motifs is 1. The minimum Gasteiger partial charge on any atom is -0.459 e. The summed E-state index contributed by atoms with van der Waals surface area (Å²) < 4.78 is 49.5. The van der Waals surface area contributed by atoms with Gasteiger partial charge in [0.05, 0.1) is 10.8 Å². The van der Waals surface area contributed by atoms with Crippen LogP contribution in [-0.2, 0) is 42.8 Å². The second-order valence-electron chi connectivity index (χ2n) is 14.1. The first-order chi connectivity index (χ1) is 22.3. The summed E-state index contributed by atoms with van der Waals surface area (Å²) >= 11 is 11.1. The molecule has 2 spiro atoms. The number of para-hydroxylation sites is 2. The fourth-order valence-electron chi connectivity index (χ4n) is 9.83. The summed E-state index contributed by atoms with van der Waals surface area (Å²) in [5.74, 6) is -2.69. The zero-order valence-electron chi connectivity index (χ0n) is 26.0. The van der Waals surface area contributed by atoms with Gasteiger partial charge in [-0.15, -0.1) is 0 Å². The van der Waals surface area contributed by atoms with Crippen LogP contribution in [0.1, 0.15) is 40.5 Å². The lowest BCUT2D eigenvalue weighted by Crippen LogP contribution is -2.68. The summed E-state index contributed by atoms with van der Waals surface area (Å²) in [5.41, 5.74) is -7.00. The Morgan fingerprint density at radius 1 is 0.830 bits per heavy atom. The van der Waals surface area contributed by atoms with Crippen molar-refractivity contribution >= 4 is 52.8 Å². The third-order valence-electron chi connectivity index (χ3n) is 11.3. The molecule has 4 saturated heterocycles. The zero-order chi connectivity index (χ0) is 33.1. The van der Waals surface area contributed by atoms with E-state index in [9.17, 15) is 14.4 Å². The van der Waals surface area contributed by atoms with Gasteiger partial charge >= 0.3 is 28.4 Å². The van der Waals surface area contributed by atoms with Gasteiger partial charge in [-0.3, -0.25) is 4.79 Å². The molecule has 0 aromatic heterocycles. The van der Waals surface area contributed by atoms with E-state index in [0.29, 0.717) is 17.9 Å². The Labute approximate surface area is 281 Å². The van der Waals surface area contributed by atoms with Gasteiger partial charge in [0.25, 0.3) is 0 Å². The largest absolute Gasteiger partial charge is 0.459 e. The minimum atomic E-state index is -2.00. The molecule has 13 heteroatoms. The lowest BCUT2D eigenvalue weighted by molar-refractivity contribution is -0.236. The number of hydrogen-bond acceptors (Lipinski definition) is 13. The van der Waals surface area contributed by atoms with E-state index in [4.69, 9.17) is 62.3 Å². The van der Waals surface area contributed by atoms with Crippen LogP contribution in [0.4, 0.5) is 0 Å².